The molecule has 2 aliphatic carbocycles. The van der Waals surface area contributed by atoms with Crippen LogP contribution in [0.2, 0.25) is 0 Å². The average molecular weight is 254 g/mol. The summed E-state index contributed by atoms with van der Waals surface area (Å²) in [5.41, 5.74) is -0.190. The number of carboxylic acid groups (broad SMARTS) is 1. The summed E-state index contributed by atoms with van der Waals surface area (Å²) in [6.07, 6.45) is 5.26. The normalized spacial score (nSPS) is 20.9. The van der Waals surface area contributed by atoms with Gasteiger partial charge in [-0.1, -0.05) is 6.42 Å². The number of nitrogens with one attached hydrogen (secondary N) is 1. The van der Waals surface area contributed by atoms with Crippen LogP contribution in [0.25, 0.3) is 0 Å². The van der Waals surface area contributed by atoms with E-state index in [1.807, 2.05) is 11.8 Å². The zero-order valence-electron chi connectivity index (χ0n) is 10.9. The molecular formula is C13H22N2O3. The van der Waals surface area contributed by atoms with Crippen LogP contribution in [0.3, 0.4) is 0 Å². The third kappa shape index (κ3) is 2.94. The zero-order chi connectivity index (χ0) is 13.2. The highest BCUT2D eigenvalue weighted by molar-refractivity contribution is 5.75. The molecule has 0 aromatic rings. The highest BCUT2D eigenvalue weighted by Gasteiger charge is 2.40. The van der Waals surface area contributed by atoms with Crippen molar-refractivity contribution in [3.05, 3.63) is 0 Å². The van der Waals surface area contributed by atoms with E-state index in [0.29, 0.717) is 12.6 Å². The average Bonchev–Trinajstić information content (AvgIpc) is 3.06. The molecule has 0 spiro atoms. The van der Waals surface area contributed by atoms with Crippen LogP contribution in [0.1, 0.15) is 45.4 Å². The van der Waals surface area contributed by atoms with Crippen molar-refractivity contribution in [3.8, 4) is 0 Å². The maximum atomic E-state index is 12.0. The topological polar surface area (TPSA) is 69.6 Å². The number of amides is 2. The van der Waals surface area contributed by atoms with E-state index in [9.17, 15) is 9.59 Å². The smallest absolute Gasteiger partial charge is 0.317 e. The Hall–Kier alpha value is -1.26. The number of urea groups is 1. The molecule has 0 aliphatic heterocycles. The molecule has 2 fully saturated rings. The molecule has 2 amide bonds. The summed E-state index contributed by atoms with van der Waals surface area (Å²) < 4.78 is 0. The van der Waals surface area contributed by atoms with Crippen molar-refractivity contribution in [1.29, 1.82) is 0 Å². The minimum Gasteiger partial charge on any atom is -0.481 e. The third-order valence-corrected chi connectivity index (χ3v) is 4.14. The molecule has 0 saturated heterocycles. The van der Waals surface area contributed by atoms with Gasteiger partial charge in [0.1, 0.15) is 0 Å². The molecule has 0 bridgehead atoms. The first-order valence-corrected chi connectivity index (χ1v) is 6.82. The fraction of sp³-hybridized carbons (Fsp3) is 0.846. The number of carboxylic acids is 1. The fourth-order valence-electron chi connectivity index (χ4n) is 2.73. The molecule has 0 heterocycles. The molecule has 0 aromatic heterocycles. The van der Waals surface area contributed by atoms with Crippen molar-refractivity contribution in [1.82, 2.24) is 10.2 Å². The van der Waals surface area contributed by atoms with Crippen LogP contribution in [0, 0.1) is 5.41 Å². The lowest BCUT2D eigenvalue weighted by molar-refractivity contribution is -0.141. The maximum absolute atomic E-state index is 12.0. The Bertz CT molecular complexity index is 335. The van der Waals surface area contributed by atoms with Gasteiger partial charge < -0.3 is 15.3 Å². The summed E-state index contributed by atoms with van der Waals surface area (Å²) in [5.74, 6) is -0.765. The number of hydrogen-bond acceptors (Lipinski definition) is 2. The van der Waals surface area contributed by atoms with Crippen molar-refractivity contribution in [2.75, 3.05) is 13.1 Å². The maximum Gasteiger partial charge on any atom is 0.317 e. The Kier molecular flexibility index (Phi) is 3.78. The van der Waals surface area contributed by atoms with Crippen molar-refractivity contribution in [2.24, 2.45) is 5.41 Å². The number of aliphatic carboxylic acids is 1. The van der Waals surface area contributed by atoms with Gasteiger partial charge in [-0.15, -0.1) is 0 Å². The fourth-order valence-corrected chi connectivity index (χ4v) is 2.73. The number of rotatable bonds is 6. The van der Waals surface area contributed by atoms with E-state index in [-0.39, 0.29) is 17.9 Å². The molecule has 2 N–H and O–H groups in total. The summed E-state index contributed by atoms with van der Waals surface area (Å²) in [7, 11) is 0. The van der Waals surface area contributed by atoms with E-state index < -0.39 is 5.97 Å². The Balaban J connectivity index is 1.82. The molecular weight excluding hydrogens is 232 g/mol. The van der Waals surface area contributed by atoms with Crippen molar-refractivity contribution in [3.63, 3.8) is 0 Å². The largest absolute Gasteiger partial charge is 0.481 e. The Morgan fingerprint density at radius 2 is 2.06 bits per heavy atom. The van der Waals surface area contributed by atoms with Crippen molar-refractivity contribution < 1.29 is 14.7 Å². The summed E-state index contributed by atoms with van der Waals surface area (Å²) in [5, 5.41) is 11.8. The minimum atomic E-state index is -0.765. The van der Waals surface area contributed by atoms with Crippen LogP contribution >= 0.6 is 0 Å². The molecule has 5 heteroatoms. The number of carbonyl (C=O) groups excluding carboxylic acids is 1. The summed E-state index contributed by atoms with van der Waals surface area (Å²) in [6, 6.07) is 0.378. The Morgan fingerprint density at radius 3 is 2.44 bits per heavy atom. The molecule has 2 aliphatic rings. The number of carbonyl (C=O) groups is 2. The predicted molar refractivity (Wildman–Crippen MR) is 67.3 cm³/mol. The molecule has 2 saturated carbocycles. The molecule has 5 nitrogen and oxygen atoms in total. The van der Waals surface area contributed by atoms with Crippen LogP contribution in [0.15, 0.2) is 0 Å². The van der Waals surface area contributed by atoms with Crippen molar-refractivity contribution >= 4 is 12.0 Å². The molecule has 0 atom stereocenters. The van der Waals surface area contributed by atoms with Gasteiger partial charge >= 0.3 is 12.0 Å². The first kappa shape index (κ1) is 13.2. The molecule has 0 aromatic carbocycles. The number of hydrogen-bond donors (Lipinski definition) is 2. The van der Waals surface area contributed by atoms with E-state index in [1.54, 1.807) is 0 Å². The van der Waals surface area contributed by atoms with Crippen LogP contribution in [0.4, 0.5) is 4.79 Å². The summed E-state index contributed by atoms with van der Waals surface area (Å²) in [4.78, 5) is 24.7. The molecule has 0 radical (unpaired) electrons. The van der Waals surface area contributed by atoms with Crippen LogP contribution in [-0.4, -0.2) is 41.1 Å². The second-order valence-electron chi connectivity index (χ2n) is 5.60. The Morgan fingerprint density at radius 1 is 1.39 bits per heavy atom. The van der Waals surface area contributed by atoms with E-state index in [1.165, 1.54) is 0 Å². The van der Waals surface area contributed by atoms with Gasteiger partial charge in [-0.3, -0.25) is 4.79 Å². The van der Waals surface area contributed by atoms with Crippen LogP contribution in [-0.2, 0) is 4.79 Å². The standard InChI is InChI=1S/C13H22N2O3/c1-2-15(10-4-5-10)12(18)14-9-13(6-3-7-13)8-11(16)17/h10H,2-9H2,1H3,(H,14,18)(H,16,17). The number of nitrogens with zero attached hydrogens (tertiary/aromatic N) is 1. The lowest BCUT2D eigenvalue weighted by Crippen LogP contribution is -2.48. The van der Waals surface area contributed by atoms with E-state index in [0.717, 1.165) is 38.6 Å². The predicted octanol–water partition coefficient (Wildman–Crippen LogP) is 1.83. The SMILES string of the molecule is CCN(C(=O)NCC1(CC(=O)O)CCC1)C1CC1. The summed E-state index contributed by atoms with van der Waals surface area (Å²) >= 11 is 0. The second kappa shape index (κ2) is 5.16. The highest BCUT2D eigenvalue weighted by Crippen LogP contribution is 2.43. The van der Waals surface area contributed by atoms with E-state index >= 15 is 0 Å². The van der Waals surface area contributed by atoms with Crippen LogP contribution in [0.5, 0.6) is 0 Å². The van der Waals surface area contributed by atoms with Gasteiger partial charge in [0.2, 0.25) is 0 Å². The molecule has 0 unspecified atom stereocenters. The van der Waals surface area contributed by atoms with Gasteiger partial charge in [-0.2, -0.15) is 0 Å². The van der Waals surface area contributed by atoms with Gasteiger partial charge in [-0.05, 0) is 38.0 Å². The lowest BCUT2D eigenvalue weighted by atomic mass is 9.66. The minimum absolute atomic E-state index is 0.0309. The van der Waals surface area contributed by atoms with Crippen molar-refractivity contribution in [2.45, 2.75) is 51.5 Å². The van der Waals surface area contributed by atoms with Crippen LogP contribution < -0.4 is 5.32 Å². The quantitative estimate of drug-likeness (QED) is 0.759. The van der Waals surface area contributed by atoms with Gasteiger partial charge in [0.05, 0.1) is 6.42 Å². The second-order valence-corrected chi connectivity index (χ2v) is 5.60. The van der Waals surface area contributed by atoms with Gasteiger partial charge in [0, 0.05) is 19.1 Å². The monoisotopic (exact) mass is 254 g/mol. The first-order chi connectivity index (χ1) is 8.56. The molecule has 2 rings (SSSR count). The zero-order valence-corrected chi connectivity index (χ0v) is 10.9. The van der Waals surface area contributed by atoms with E-state index in [4.69, 9.17) is 5.11 Å². The lowest BCUT2D eigenvalue weighted by Gasteiger charge is -2.41. The van der Waals surface area contributed by atoms with Gasteiger partial charge in [0.25, 0.3) is 0 Å². The highest BCUT2D eigenvalue weighted by atomic mass is 16.4. The first-order valence-electron chi connectivity index (χ1n) is 6.82. The Labute approximate surface area is 108 Å². The van der Waals surface area contributed by atoms with E-state index in [2.05, 4.69) is 5.32 Å². The third-order valence-electron chi connectivity index (χ3n) is 4.14. The molecule has 102 valence electrons. The summed E-state index contributed by atoms with van der Waals surface area (Å²) in [6.45, 7) is 3.21. The van der Waals surface area contributed by atoms with Gasteiger partial charge in [0.15, 0.2) is 0 Å². The van der Waals surface area contributed by atoms with Gasteiger partial charge in [-0.25, -0.2) is 4.79 Å². The molecule has 18 heavy (non-hydrogen) atoms.